The Balaban J connectivity index is 1.40. The van der Waals surface area contributed by atoms with Crippen LogP contribution in [0.5, 0.6) is 0 Å². The van der Waals surface area contributed by atoms with E-state index in [0.29, 0.717) is 16.7 Å². The van der Waals surface area contributed by atoms with Gasteiger partial charge in [0.15, 0.2) is 35.4 Å². The number of fused-ring (bicyclic) bond motifs is 1. The number of imidazole rings is 1. The molecule has 0 aliphatic carbocycles. The van der Waals surface area contributed by atoms with Crippen LogP contribution in [0.4, 0.5) is 23.8 Å². The summed E-state index contributed by atoms with van der Waals surface area (Å²) in [6, 6.07) is 22.7. The van der Waals surface area contributed by atoms with E-state index in [1.807, 2.05) is 0 Å². The zero-order valence-corrected chi connectivity index (χ0v) is 35.2. The van der Waals surface area contributed by atoms with Gasteiger partial charge in [-0.05, 0) is 42.5 Å². The number of nitrogens with one attached hydrogen (secondary N) is 2. The van der Waals surface area contributed by atoms with Crippen LogP contribution in [0.2, 0.25) is 0 Å². The first-order chi connectivity index (χ1) is 31.1. The molecule has 65 heavy (non-hydrogen) atoms. The van der Waals surface area contributed by atoms with E-state index >= 15 is 0 Å². The van der Waals surface area contributed by atoms with Crippen molar-refractivity contribution in [2.24, 2.45) is 0 Å². The van der Waals surface area contributed by atoms with Gasteiger partial charge < -0.3 is 39.2 Å². The Morgan fingerprint density at radius 3 is 2.05 bits per heavy atom. The van der Waals surface area contributed by atoms with Crippen molar-refractivity contribution in [1.29, 1.82) is 0 Å². The fourth-order valence-electron chi connectivity index (χ4n) is 7.26. The molecule has 1 saturated heterocycles. The molecule has 6 atom stereocenters. The number of nitrogens with zero attached hydrogens (tertiary/aromatic N) is 5. The molecule has 0 bridgehead atoms. The number of carbonyl (C=O) groups excluding carboxylic acids is 6. The predicted molar refractivity (Wildman–Crippen MR) is 221 cm³/mol. The van der Waals surface area contributed by atoms with E-state index in [9.17, 15) is 41.9 Å². The van der Waals surface area contributed by atoms with E-state index < -0.39 is 85.0 Å². The monoisotopic (exact) mass is 903 g/mol. The SMILES string of the molecule is COC(=O)[C@H](CC[C@@H](C[C@H]1O[C@@H](n2cnc3c(NC(=O)c4ccccc4)ncnc32)[C@@H](OC(C)=O)C1OC(C)=O)N(Cc1ccccc1)C(=O)OCc1ccccc1)NC(=O)C(F)(F)F. The van der Waals surface area contributed by atoms with Crippen molar-refractivity contribution in [3.63, 3.8) is 0 Å². The van der Waals surface area contributed by atoms with E-state index in [0.717, 1.165) is 27.3 Å². The summed E-state index contributed by atoms with van der Waals surface area (Å²) >= 11 is 0. The van der Waals surface area contributed by atoms with Crippen LogP contribution in [0.3, 0.4) is 0 Å². The number of aromatic nitrogens is 4. The second-order valence-electron chi connectivity index (χ2n) is 14.7. The third-order valence-electron chi connectivity index (χ3n) is 10.2. The molecule has 1 aliphatic heterocycles. The van der Waals surface area contributed by atoms with Crippen molar-refractivity contribution >= 4 is 52.8 Å². The first-order valence-electron chi connectivity index (χ1n) is 20.1. The van der Waals surface area contributed by atoms with Gasteiger partial charge in [0.2, 0.25) is 0 Å². The van der Waals surface area contributed by atoms with E-state index in [1.165, 1.54) is 15.8 Å². The predicted octanol–water partition coefficient (Wildman–Crippen LogP) is 5.44. The first-order valence-corrected chi connectivity index (χ1v) is 20.1. The van der Waals surface area contributed by atoms with E-state index in [1.54, 1.807) is 96.3 Å². The fraction of sp³-hybridized carbons (Fsp3) is 0.341. The number of anilines is 1. The van der Waals surface area contributed by atoms with Gasteiger partial charge in [-0.2, -0.15) is 13.2 Å². The number of esters is 3. The number of halogens is 3. The molecule has 18 nitrogen and oxygen atoms in total. The summed E-state index contributed by atoms with van der Waals surface area (Å²) in [5, 5.41) is 4.38. The van der Waals surface area contributed by atoms with Gasteiger partial charge in [0.25, 0.3) is 5.91 Å². The highest BCUT2D eigenvalue weighted by Crippen LogP contribution is 2.39. The lowest BCUT2D eigenvalue weighted by Crippen LogP contribution is -2.49. The highest BCUT2D eigenvalue weighted by Gasteiger charge is 2.52. The molecule has 1 aliphatic rings. The highest BCUT2D eigenvalue weighted by atomic mass is 19.4. The van der Waals surface area contributed by atoms with Crippen LogP contribution in [0.25, 0.3) is 11.2 Å². The second-order valence-corrected chi connectivity index (χ2v) is 14.7. The molecule has 5 aromatic rings. The first kappa shape index (κ1) is 47.1. The Morgan fingerprint density at radius 1 is 0.815 bits per heavy atom. The van der Waals surface area contributed by atoms with Crippen molar-refractivity contribution in [2.75, 3.05) is 12.4 Å². The summed E-state index contributed by atoms with van der Waals surface area (Å²) in [5.74, 6) is -5.67. The van der Waals surface area contributed by atoms with Crippen LogP contribution in [0.1, 0.15) is 60.8 Å². The van der Waals surface area contributed by atoms with Gasteiger partial charge in [-0.1, -0.05) is 78.9 Å². The van der Waals surface area contributed by atoms with Gasteiger partial charge in [-0.3, -0.25) is 23.7 Å². The Bertz CT molecular complexity index is 2460. The maximum Gasteiger partial charge on any atom is 0.471 e. The molecule has 3 aromatic carbocycles. The van der Waals surface area contributed by atoms with Crippen molar-refractivity contribution in [2.45, 2.75) is 89.1 Å². The number of carbonyl (C=O) groups is 6. The molecule has 2 N–H and O–H groups in total. The average Bonchev–Trinajstić information content (AvgIpc) is 3.86. The molecule has 21 heteroatoms. The lowest BCUT2D eigenvalue weighted by Gasteiger charge is -2.34. The Morgan fingerprint density at radius 2 is 1.43 bits per heavy atom. The molecule has 0 spiro atoms. The van der Waals surface area contributed by atoms with Crippen molar-refractivity contribution in [3.8, 4) is 0 Å². The van der Waals surface area contributed by atoms with Crippen LogP contribution in [0, 0.1) is 0 Å². The van der Waals surface area contributed by atoms with Gasteiger partial charge in [-0.25, -0.2) is 24.5 Å². The number of ether oxygens (including phenoxy) is 5. The van der Waals surface area contributed by atoms with Crippen LogP contribution in [-0.2, 0) is 56.0 Å². The molecule has 2 aromatic heterocycles. The summed E-state index contributed by atoms with van der Waals surface area (Å²) < 4.78 is 70.4. The highest BCUT2D eigenvalue weighted by molar-refractivity contribution is 6.06. The molecule has 0 radical (unpaired) electrons. The minimum Gasteiger partial charge on any atom is -0.467 e. The Hall–Kier alpha value is -7.42. The zero-order chi connectivity index (χ0) is 46.7. The van der Waals surface area contributed by atoms with Gasteiger partial charge in [0.1, 0.15) is 25.1 Å². The normalized spacial score (nSPS) is 17.9. The maximum absolute atomic E-state index is 14.3. The third kappa shape index (κ3) is 12.2. The number of benzene rings is 3. The summed E-state index contributed by atoms with van der Waals surface area (Å²) in [5.41, 5.74) is 1.78. The van der Waals surface area contributed by atoms with Gasteiger partial charge in [0, 0.05) is 32.0 Å². The van der Waals surface area contributed by atoms with Crippen molar-refractivity contribution in [3.05, 3.63) is 120 Å². The third-order valence-corrected chi connectivity index (χ3v) is 10.2. The molecule has 6 rings (SSSR count). The van der Waals surface area contributed by atoms with E-state index in [4.69, 9.17) is 23.7 Å². The summed E-state index contributed by atoms with van der Waals surface area (Å²) in [7, 11) is 0.936. The Kier molecular flexibility index (Phi) is 15.4. The number of hydrogen-bond acceptors (Lipinski definition) is 14. The van der Waals surface area contributed by atoms with Crippen molar-refractivity contribution < 1.29 is 65.6 Å². The number of alkyl halides is 3. The van der Waals surface area contributed by atoms with Gasteiger partial charge in [0.05, 0.1) is 13.4 Å². The summed E-state index contributed by atoms with van der Waals surface area (Å²) in [6.45, 7) is 1.91. The number of methoxy groups -OCH3 is 1. The lowest BCUT2D eigenvalue weighted by atomic mass is 9.95. The quantitative estimate of drug-likeness (QED) is 0.0878. The van der Waals surface area contributed by atoms with E-state index in [-0.39, 0.29) is 43.0 Å². The second kappa shape index (κ2) is 21.3. The molecular formula is C44H44F3N7O11. The average molecular weight is 904 g/mol. The standard InChI is InChI=1S/C44H44F3N7O11/c1-26(55)63-35-33(65-40(36(35)64-27(2)56)54-25-50-34-37(48-24-49-38(34)54)52-39(57)30-17-11-6-12-18-30)21-31(19-20-32(41(58)61-3)51-42(59)44(45,46)47)53(22-28-13-7-4-8-14-28)43(60)62-23-29-15-9-5-10-16-29/h4-18,24-25,31-33,35-36,40H,19-23H2,1-3H3,(H,51,59)(H,48,49,52,57)/t31-,32-,33+,35?,36-,40+/m0/s1. The van der Waals surface area contributed by atoms with E-state index in [2.05, 4.69) is 20.3 Å². The molecule has 3 heterocycles. The minimum atomic E-state index is -5.35. The molecule has 342 valence electrons. The minimum absolute atomic E-state index is 0.0288. The molecule has 0 saturated carbocycles. The van der Waals surface area contributed by atoms with Crippen LogP contribution >= 0.6 is 0 Å². The zero-order valence-electron chi connectivity index (χ0n) is 35.2. The maximum atomic E-state index is 14.3. The summed E-state index contributed by atoms with van der Waals surface area (Å²) in [6.07, 6.45) is -10.3. The van der Waals surface area contributed by atoms with Crippen molar-refractivity contribution in [1.82, 2.24) is 29.7 Å². The number of amides is 3. The molecule has 1 unspecified atom stereocenters. The van der Waals surface area contributed by atoms with Crippen LogP contribution in [-0.4, -0.2) is 104 Å². The molecule has 1 fully saturated rings. The van der Waals surface area contributed by atoms with Gasteiger partial charge in [-0.15, -0.1) is 0 Å². The van der Waals surface area contributed by atoms with Crippen LogP contribution in [0.15, 0.2) is 104 Å². The topological polar surface area (TPSA) is 219 Å². The lowest BCUT2D eigenvalue weighted by molar-refractivity contribution is -0.175. The van der Waals surface area contributed by atoms with Gasteiger partial charge >= 0.3 is 36.1 Å². The smallest absolute Gasteiger partial charge is 0.467 e. The molecular weight excluding hydrogens is 860 g/mol. The fourth-order valence-corrected chi connectivity index (χ4v) is 7.26. The van der Waals surface area contributed by atoms with Crippen LogP contribution < -0.4 is 10.6 Å². The summed E-state index contributed by atoms with van der Waals surface area (Å²) in [4.78, 5) is 92.1. The molecule has 3 amide bonds. The number of rotatable bonds is 17. The Labute approximate surface area is 369 Å². The number of hydrogen-bond donors (Lipinski definition) is 2. The largest absolute Gasteiger partial charge is 0.471 e.